The SMILES string of the molecule is C/C(=N/NC(=S)NCCN1CCOCC1)c1ccc(OCC(C)C)cc1. The normalized spacial score (nSPS) is 15.8. The molecule has 1 aromatic carbocycles. The van der Waals surface area contributed by atoms with Gasteiger partial charge in [-0.25, -0.2) is 0 Å². The molecule has 1 aliphatic heterocycles. The van der Waals surface area contributed by atoms with Gasteiger partial charge in [0.25, 0.3) is 0 Å². The van der Waals surface area contributed by atoms with Crippen LogP contribution in [0.5, 0.6) is 5.75 Å². The predicted molar refractivity (Wildman–Crippen MR) is 110 cm³/mol. The second-order valence-corrected chi connectivity index (χ2v) is 7.16. The molecule has 2 rings (SSSR count). The molecule has 0 amide bonds. The summed E-state index contributed by atoms with van der Waals surface area (Å²) in [7, 11) is 0. The van der Waals surface area contributed by atoms with Crippen LogP contribution in [0.25, 0.3) is 0 Å². The molecule has 0 spiro atoms. The number of nitrogens with one attached hydrogen (secondary N) is 2. The summed E-state index contributed by atoms with van der Waals surface area (Å²) in [5.41, 5.74) is 4.81. The molecule has 1 fully saturated rings. The van der Waals surface area contributed by atoms with E-state index in [0.29, 0.717) is 11.0 Å². The fourth-order valence-corrected chi connectivity index (χ4v) is 2.59. The monoisotopic (exact) mass is 378 g/mol. The standard InChI is InChI=1S/C19H30N4O2S/c1-15(2)14-25-18-6-4-17(5-7-18)16(3)21-22-19(26)20-8-9-23-10-12-24-13-11-23/h4-7,15H,8-14H2,1-3H3,(H2,20,22,26)/b21-16-. The van der Waals surface area contributed by atoms with Gasteiger partial charge in [-0.05, 0) is 54.9 Å². The molecular weight excluding hydrogens is 348 g/mol. The number of hydrazone groups is 1. The van der Waals surface area contributed by atoms with E-state index in [4.69, 9.17) is 21.7 Å². The molecule has 0 atom stereocenters. The van der Waals surface area contributed by atoms with Gasteiger partial charge < -0.3 is 14.8 Å². The average Bonchev–Trinajstić information content (AvgIpc) is 2.65. The van der Waals surface area contributed by atoms with Gasteiger partial charge in [0, 0.05) is 26.2 Å². The molecule has 1 aromatic rings. The summed E-state index contributed by atoms with van der Waals surface area (Å²) < 4.78 is 11.0. The minimum absolute atomic E-state index is 0.513. The maximum absolute atomic E-state index is 5.70. The summed E-state index contributed by atoms with van der Waals surface area (Å²) >= 11 is 5.28. The lowest BCUT2D eigenvalue weighted by molar-refractivity contribution is 0.0389. The van der Waals surface area contributed by atoms with Gasteiger partial charge >= 0.3 is 0 Å². The van der Waals surface area contributed by atoms with Crippen LogP contribution in [0.3, 0.4) is 0 Å². The molecule has 0 aromatic heterocycles. The Kier molecular flexibility index (Phi) is 8.80. The highest BCUT2D eigenvalue weighted by Crippen LogP contribution is 2.13. The maximum Gasteiger partial charge on any atom is 0.187 e. The van der Waals surface area contributed by atoms with Crippen LogP contribution in [0, 0.1) is 5.92 Å². The van der Waals surface area contributed by atoms with Crippen LogP contribution in [-0.4, -0.2) is 61.7 Å². The van der Waals surface area contributed by atoms with E-state index in [9.17, 15) is 0 Å². The fraction of sp³-hybridized carbons (Fsp3) is 0.579. The molecule has 1 aliphatic rings. The van der Waals surface area contributed by atoms with Crippen LogP contribution in [0.1, 0.15) is 26.3 Å². The fourth-order valence-electron chi connectivity index (χ4n) is 2.45. The Labute approximate surface area is 161 Å². The first kappa shape index (κ1) is 20.6. The molecule has 26 heavy (non-hydrogen) atoms. The molecular formula is C19H30N4O2S. The molecule has 0 unspecified atom stereocenters. The molecule has 0 aliphatic carbocycles. The molecule has 7 heteroatoms. The highest BCUT2D eigenvalue weighted by atomic mass is 32.1. The zero-order chi connectivity index (χ0) is 18.8. The smallest absolute Gasteiger partial charge is 0.187 e. The van der Waals surface area contributed by atoms with Gasteiger partial charge in [0.2, 0.25) is 0 Å². The zero-order valence-electron chi connectivity index (χ0n) is 16.0. The van der Waals surface area contributed by atoms with Crippen molar-refractivity contribution in [1.29, 1.82) is 0 Å². The number of benzene rings is 1. The summed E-state index contributed by atoms with van der Waals surface area (Å²) in [5.74, 6) is 1.39. The van der Waals surface area contributed by atoms with Crippen LogP contribution >= 0.6 is 12.2 Å². The van der Waals surface area contributed by atoms with E-state index in [0.717, 1.165) is 63.0 Å². The van der Waals surface area contributed by atoms with Crippen molar-refractivity contribution < 1.29 is 9.47 Å². The van der Waals surface area contributed by atoms with Gasteiger partial charge in [0.05, 0.1) is 25.5 Å². The Morgan fingerprint density at radius 3 is 2.62 bits per heavy atom. The lowest BCUT2D eigenvalue weighted by Crippen LogP contribution is -2.42. The minimum atomic E-state index is 0.513. The van der Waals surface area contributed by atoms with E-state index >= 15 is 0 Å². The number of thiocarbonyl (C=S) groups is 1. The summed E-state index contributed by atoms with van der Waals surface area (Å²) in [6, 6.07) is 7.95. The lowest BCUT2D eigenvalue weighted by Gasteiger charge is -2.26. The number of hydrogen-bond donors (Lipinski definition) is 2. The second-order valence-electron chi connectivity index (χ2n) is 6.75. The third kappa shape index (κ3) is 7.68. The largest absolute Gasteiger partial charge is 0.493 e. The molecule has 0 bridgehead atoms. The topological polar surface area (TPSA) is 58.1 Å². The Balaban J connectivity index is 1.71. The van der Waals surface area contributed by atoms with Crippen molar-refractivity contribution in [1.82, 2.24) is 15.6 Å². The number of hydrogen-bond acceptors (Lipinski definition) is 5. The lowest BCUT2D eigenvalue weighted by atomic mass is 10.1. The molecule has 0 saturated carbocycles. The van der Waals surface area contributed by atoms with Crippen molar-refractivity contribution in [3.63, 3.8) is 0 Å². The second kappa shape index (κ2) is 11.1. The summed E-state index contributed by atoms with van der Waals surface area (Å²) in [5, 5.41) is 8.07. The van der Waals surface area contributed by atoms with Crippen molar-refractivity contribution >= 4 is 23.0 Å². The first-order chi connectivity index (χ1) is 12.5. The highest BCUT2D eigenvalue weighted by Gasteiger charge is 2.09. The van der Waals surface area contributed by atoms with Crippen LogP contribution in [-0.2, 0) is 4.74 Å². The number of ether oxygens (including phenoxy) is 2. The van der Waals surface area contributed by atoms with Gasteiger partial charge in [0.15, 0.2) is 5.11 Å². The van der Waals surface area contributed by atoms with E-state index in [1.54, 1.807) is 0 Å². The Bertz CT molecular complexity index is 584. The van der Waals surface area contributed by atoms with Crippen molar-refractivity contribution in [3.8, 4) is 5.75 Å². The molecule has 1 heterocycles. The van der Waals surface area contributed by atoms with E-state index < -0.39 is 0 Å². The molecule has 2 N–H and O–H groups in total. The molecule has 144 valence electrons. The van der Waals surface area contributed by atoms with Crippen LogP contribution in [0.2, 0.25) is 0 Å². The maximum atomic E-state index is 5.70. The van der Waals surface area contributed by atoms with Crippen LogP contribution in [0.15, 0.2) is 29.4 Å². The zero-order valence-corrected chi connectivity index (χ0v) is 16.8. The highest BCUT2D eigenvalue weighted by molar-refractivity contribution is 7.80. The van der Waals surface area contributed by atoms with Crippen molar-refractivity contribution in [2.24, 2.45) is 11.0 Å². The summed E-state index contributed by atoms with van der Waals surface area (Å²) in [6.07, 6.45) is 0. The van der Waals surface area contributed by atoms with Crippen LogP contribution < -0.4 is 15.5 Å². The quantitative estimate of drug-likeness (QED) is 0.411. The molecule has 1 saturated heterocycles. The van der Waals surface area contributed by atoms with E-state index in [1.807, 2.05) is 31.2 Å². The minimum Gasteiger partial charge on any atom is -0.493 e. The van der Waals surface area contributed by atoms with Crippen molar-refractivity contribution in [3.05, 3.63) is 29.8 Å². The first-order valence-corrected chi connectivity index (χ1v) is 9.57. The van der Waals surface area contributed by atoms with Crippen molar-refractivity contribution in [2.75, 3.05) is 46.0 Å². The van der Waals surface area contributed by atoms with Gasteiger partial charge in [-0.2, -0.15) is 5.10 Å². The third-order valence-electron chi connectivity index (χ3n) is 4.00. The Hall–Kier alpha value is -1.70. The van der Waals surface area contributed by atoms with Crippen LogP contribution in [0.4, 0.5) is 0 Å². The van der Waals surface area contributed by atoms with E-state index in [2.05, 4.69) is 34.6 Å². The first-order valence-electron chi connectivity index (χ1n) is 9.16. The molecule has 0 radical (unpaired) electrons. The molecule has 6 nitrogen and oxygen atoms in total. The van der Waals surface area contributed by atoms with Gasteiger partial charge in [-0.1, -0.05) is 13.8 Å². The van der Waals surface area contributed by atoms with E-state index in [-0.39, 0.29) is 0 Å². The van der Waals surface area contributed by atoms with E-state index in [1.165, 1.54) is 0 Å². The Morgan fingerprint density at radius 1 is 1.27 bits per heavy atom. The van der Waals surface area contributed by atoms with Gasteiger partial charge in [-0.15, -0.1) is 0 Å². The average molecular weight is 379 g/mol. The summed E-state index contributed by atoms with van der Waals surface area (Å²) in [6.45, 7) is 12.3. The third-order valence-corrected chi connectivity index (χ3v) is 4.23. The Morgan fingerprint density at radius 2 is 1.96 bits per heavy atom. The predicted octanol–water partition coefficient (Wildman–Crippen LogP) is 2.24. The number of nitrogens with zero attached hydrogens (tertiary/aromatic N) is 2. The van der Waals surface area contributed by atoms with Gasteiger partial charge in [-0.3, -0.25) is 10.3 Å². The van der Waals surface area contributed by atoms with Gasteiger partial charge in [0.1, 0.15) is 5.75 Å². The number of rotatable bonds is 8. The van der Waals surface area contributed by atoms with Crippen molar-refractivity contribution in [2.45, 2.75) is 20.8 Å². The summed E-state index contributed by atoms with van der Waals surface area (Å²) in [4.78, 5) is 2.36. The number of morpholine rings is 1.